The number of hydrogen-bond donors (Lipinski definition) is 0. The molecule has 0 amide bonds. The van der Waals surface area contributed by atoms with E-state index in [1.54, 1.807) is 0 Å². The number of hydrogen-bond acceptors (Lipinski definition) is 3. The number of aromatic nitrogens is 3. The predicted molar refractivity (Wildman–Crippen MR) is 237 cm³/mol. The minimum absolute atomic E-state index is 0.0869. The summed E-state index contributed by atoms with van der Waals surface area (Å²) in [7, 11) is 0. The third kappa shape index (κ3) is 5.23. The molecule has 9 aromatic carbocycles. The smallest absolute Gasteiger partial charge is 0.164 e. The van der Waals surface area contributed by atoms with Gasteiger partial charge in [-0.3, -0.25) is 0 Å². The molecule has 0 fully saturated rings. The monoisotopic (exact) mass is 727 g/mol. The third-order valence-corrected chi connectivity index (χ3v) is 11.9. The molecule has 1 aliphatic rings. The Bertz CT molecular complexity index is 3090. The zero-order valence-electron chi connectivity index (χ0n) is 31.7. The van der Waals surface area contributed by atoms with E-state index in [0.29, 0.717) is 17.5 Å². The first-order chi connectivity index (χ1) is 28.0. The second-order valence-corrected chi connectivity index (χ2v) is 15.5. The fourth-order valence-electron chi connectivity index (χ4n) is 9.23. The molecule has 0 spiro atoms. The fraction of sp³-hybridized carbons (Fsp3) is 0.0556. The maximum atomic E-state index is 5.12. The quantitative estimate of drug-likeness (QED) is 0.166. The van der Waals surface area contributed by atoms with Crippen LogP contribution < -0.4 is 0 Å². The summed E-state index contributed by atoms with van der Waals surface area (Å²) in [4.78, 5) is 15.2. The number of nitrogens with zero attached hydrogens (tertiary/aromatic N) is 3. The summed E-state index contributed by atoms with van der Waals surface area (Å²) in [5.74, 6) is 1.95. The highest BCUT2D eigenvalue weighted by molar-refractivity contribution is 6.24. The Hall–Kier alpha value is -7.23. The molecule has 1 aliphatic carbocycles. The lowest BCUT2D eigenvalue weighted by Gasteiger charge is -2.23. The molecule has 57 heavy (non-hydrogen) atoms. The zero-order chi connectivity index (χ0) is 38.1. The van der Waals surface area contributed by atoms with Crippen LogP contribution in [0.15, 0.2) is 188 Å². The van der Waals surface area contributed by atoms with Crippen LogP contribution in [0.3, 0.4) is 0 Å². The molecule has 0 radical (unpaired) electrons. The topological polar surface area (TPSA) is 38.7 Å². The summed E-state index contributed by atoms with van der Waals surface area (Å²) >= 11 is 0. The highest BCUT2D eigenvalue weighted by atomic mass is 15.0. The first kappa shape index (κ1) is 33.1. The van der Waals surface area contributed by atoms with E-state index in [1.807, 2.05) is 36.4 Å². The third-order valence-electron chi connectivity index (χ3n) is 11.9. The highest BCUT2D eigenvalue weighted by Crippen LogP contribution is 2.51. The van der Waals surface area contributed by atoms with E-state index in [0.717, 1.165) is 27.5 Å². The lowest BCUT2D eigenvalue weighted by Crippen LogP contribution is -2.14. The molecular weight excluding hydrogens is 691 g/mol. The van der Waals surface area contributed by atoms with Gasteiger partial charge in [0.1, 0.15) is 0 Å². The van der Waals surface area contributed by atoms with Crippen molar-refractivity contribution in [3.8, 4) is 67.5 Å². The van der Waals surface area contributed by atoms with Crippen LogP contribution in [-0.2, 0) is 5.41 Å². The van der Waals surface area contributed by atoms with Crippen molar-refractivity contribution >= 4 is 32.3 Å². The first-order valence-electron chi connectivity index (χ1n) is 19.6. The van der Waals surface area contributed by atoms with Crippen LogP contribution in [0.25, 0.3) is 99.9 Å². The van der Waals surface area contributed by atoms with Crippen molar-refractivity contribution in [1.29, 1.82) is 0 Å². The summed E-state index contributed by atoms with van der Waals surface area (Å²) in [5, 5.41) is 7.18. The maximum Gasteiger partial charge on any atom is 0.164 e. The molecule has 1 heterocycles. The normalized spacial score (nSPS) is 12.9. The predicted octanol–water partition coefficient (Wildman–Crippen LogP) is 14.0. The van der Waals surface area contributed by atoms with Crippen LogP contribution in [0, 0.1) is 0 Å². The number of rotatable bonds is 5. The van der Waals surface area contributed by atoms with Gasteiger partial charge >= 0.3 is 0 Å². The highest BCUT2D eigenvalue weighted by Gasteiger charge is 2.35. The van der Waals surface area contributed by atoms with Gasteiger partial charge in [-0.05, 0) is 89.0 Å². The Labute approximate surface area is 332 Å². The zero-order valence-corrected chi connectivity index (χ0v) is 31.7. The van der Waals surface area contributed by atoms with Gasteiger partial charge in [0.2, 0.25) is 0 Å². The van der Waals surface area contributed by atoms with Gasteiger partial charge in [0.05, 0.1) is 0 Å². The lowest BCUT2D eigenvalue weighted by molar-refractivity contribution is 0.660. The van der Waals surface area contributed by atoms with E-state index in [9.17, 15) is 0 Å². The van der Waals surface area contributed by atoms with Crippen molar-refractivity contribution in [1.82, 2.24) is 15.0 Å². The van der Waals surface area contributed by atoms with Crippen molar-refractivity contribution in [3.05, 3.63) is 199 Å². The molecule has 0 unspecified atom stereocenters. The summed E-state index contributed by atoms with van der Waals surface area (Å²) in [6, 6.07) is 67.4. The number of fused-ring (bicyclic) bond motifs is 6. The molecule has 0 saturated heterocycles. The summed E-state index contributed by atoms with van der Waals surface area (Å²) in [6.07, 6.45) is 0. The van der Waals surface area contributed by atoms with E-state index in [1.165, 1.54) is 66.1 Å². The van der Waals surface area contributed by atoms with Crippen molar-refractivity contribution < 1.29 is 0 Å². The Morgan fingerprint density at radius 1 is 0.298 bits per heavy atom. The van der Waals surface area contributed by atoms with E-state index in [4.69, 9.17) is 15.0 Å². The van der Waals surface area contributed by atoms with E-state index >= 15 is 0 Å². The molecule has 0 N–H and O–H groups in total. The largest absolute Gasteiger partial charge is 0.208 e. The van der Waals surface area contributed by atoms with Gasteiger partial charge in [-0.2, -0.15) is 0 Å². The van der Waals surface area contributed by atoms with E-state index < -0.39 is 0 Å². The van der Waals surface area contributed by atoms with Crippen LogP contribution >= 0.6 is 0 Å². The first-order valence-corrected chi connectivity index (χ1v) is 19.6. The molecular formula is C54H37N3. The molecule has 3 heteroatoms. The number of benzene rings is 9. The molecule has 268 valence electrons. The van der Waals surface area contributed by atoms with E-state index in [2.05, 4.69) is 166 Å². The fourth-order valence-corrected chi connectivity index (χ4v) is 9.23. The molecule has 0 atom stereocenters. The van der Waals surface area contributed by atoms with Gasteiger partial charge in [-0.1, -0.05) is 190 Å². The van der Waals surface area contributed by atoms with Gasteiger partial charge in [-0.25, -0.2) is 15.0 Å². The maximum absolute atomic E-state index is 5.12. The SMILES string of the molecule is CC1(C)c2ccccc2-c2ccc(-c3c4ccccc4c(-c4ccc(-c5nc(-c6ccccc6)nc(-c6ccccc6)n5)c5ccccc45)c4ccccc34)cc21. The summed E-state index contributed by atoms with van der Waals surface area (Å²) in [6.45, 7) is 4.72. The van der Waals surface area contributed by atoms with Gasteiger partial charge in [-0.15, -0.1) is 0 Å². The van der Waals surface area contributed by atoms with Crippen molar-refractivity contribution in [2.45, 2.75) is 19.3 Å². The van der Waals surface area contributed by atoms with E-state index in [-0.39, 0.29) is 5.41 Å². The van der Waals surface area contributed by atoms with Crippen LogP contribution in [0.4, 0.5) is 0 Å². The van der Waals surface area contributed by atoms with Crippen LogP contribution in [-0.4, -0.2) is 15.0 Å². The minimum atomic E-state index is -0.0869. The lowest BCUT2D eigenvalue weighted by atomic mass is 9.80. The second kappa shape index (κ2) is 12.9. The van der Waals surface area contributed by atoms with Crippen molar-refractivity contribution in [3.63, 3.8) is 0 Å². The van der Waals surface area contributed by atoms with Crippen molar-refractivity contribution in [2.75, 3.05) is 0 Å². The average Bonchev–Trinajstić information content (AvgIpc) is 3.50. The van der Waals surface area contributed by atoms with Gasteiger partial charge in [0.25, 0.3) is 0 Å². The summed E-state index contributed by atoms with van der Waals surface area (Å²) in [5.41, 5.74) is 13.2. The van der Waals surface area contributed by atoms with Crippen LogP contribution in [0.2, 0.25) is 0 Å². The second-order valence-electron chi connectivity index (χ2n) is 15.5. The average molecular weight is 728 g/mol. The van der Waals surface area contributed by atoms with Gasteiger partial charge in [0.15, 0.2) is 17.5 Å². The Balaban J connectivity index is 1.14. The van der Waals surface area contributed by atoms with Crippen LogP contribution in [0.5, 0.6) is 0 Å². The van der Waals surface area contributed by atoms with Gasteiger partial charge in [0, 0.05) is 22.1 Å². The molecule has 11 rings (SSSR count). The van der Waals surface area contributed by atoms with Crippen molar-refractivity contribution in [2.24, 2.45) is 0 Å². The molecule has 3 nitrogen and oxygen atoms in total. The molecule has 0 bridgehead atoms. The molecule has 0 saturated carbocycles. The molecule has 1 aromatic heterocycles. The van der Waals surface area contributed by atoms with Crippen LogP contribution in [0.1, 0.15) is 25.0 Å². The molecule has 0 aliphatic heterocycles. The summed E-state index contributed by atoms with van der Waals surface area (Å²) < 4.78 is 0. The Morgan fingerprint density at radius 3 is 1.32 bits per heavy atom. The standard InChI is InChI=1S/C54H37N3/c1-54(2)47-28-16-15-23-39(47)40-30-29-36(33-48(40)54)49-41-24-11-13-26-43(41)50(44-27-14-12-25-42(44)49)45-31-32-46(38-22-10-9-21-37(38)45)53-56-51(34-17-5-3-6-18-34)55-52(57-53)35-19-7-4-8-20-35/h3-33H,1-2H3. The Kier molecular flexibility index (Phi) is 7.52. The Morgan fingerprint density at radius 2 is 0.719 bits per heavy atom. The minimum Gasteiger partial charge on any atom is -0.208 e. The molecule has 10 aromatic rings. The van der Waals surface area contributed by atoms with Gasteiger partial charge < -0.3 is 0 Å².